The zero-order valence-electron chi connectivity index (χ0n) is 5.18. The van der Waals surface area contributed by atoms with Crippen LogP contribution in [0.3, 0.4) is 0 Å². The Kier molecular flexibility index (Phi) is 1.71. The Hall–Kier alpha value is -1.01. The predicted octanol–water partition coefficient (Wildman–Crippen LogP) is 0.464. The molecule has 0 saturated carbocycles. The summed E-state index contributed by atoms with van der Waals surface area (Å²) >= 11 is 0. The summed E-state index contributed by atoms with van der Waals surface area (Å²) in [6.07, 6.45) is 2.60. The summed E-state index contributed by atoms with van der Waals surface area (Å²) in [4.78, 5) is 10.8. The zero-order valence-corrected chi connectivity index (χ0v) is 5.18. The lowest BCUT2D eigenvalue weighted by Gasteiger charge is -1.92. The van der Waals surface area contributed by atoms with Crippen molar-refractivity contribution in [2.45, 2.75) is 6.42 Å². The van der Waals surface area contributed by atoms with Gasteiger partial charge in [-0.05, 0) is 12.5 Å². The highest BCUT2D eigenvalue weighted by Crippen LogP contribution is 2.08. The maximum absolute atomic E-state index is 10.8. The van der Waals surface area contributed by atoms with Crippen molar-refractivity contribution in [3.05, 3.63) is 18.4 Å². The summed E-state index contributed by atoms with van der Waals surface area (Å²) in [5, 5.41) is 2.72. The van der Waals surface area contributed by atoms with Gasteiger partial charge in [0.2, 0.25) is 5.91 Å². The topological polar surface area (TPSA) is 29.1 Å². The highest BCUT2D eigenvalue weighted by Gasteiger charge is 2.20. The SMILES string of the molecule is C=C=C[C@@H]1CCNC1=O. The number of amides is 1. The van der Waals surface area contributed by atoms with E-state index in [1.807, 2.05) is 0 Å². The summed E-state index contributed by atoms with van der Waals surface area (Å²) in [6, 6.07) is 0. The molecule has 9 heavy (non-hydrogen) atoms. The van der Waals surface area contributed by atoms with Crippen molar-refractivity contribution in [3.8, 4) is 0 Å². The highest BCUT2D eigenvalue weighted by molar-refractivity contribution is 5.82. The number of nitrogens with one attached hydrogen (secondary N) is 1. The van der Waals surface area contributed by atoms with E-state index >= 15 is 0 Å². The van der Waals surface area contributed by atoms with Crippen LogP contribution in [0.5, 0.6) is 0 Å². The molecule has 1 saturated heterocycles. The molecule has 0 aromatic carbocycles. The Morgan fingerprint density at radius 3 is 3.11 bits per heavy atom. The van der Waals surface area contributed by atoms with Crippen molar-refractivity contribution in [3.63, 3.8) is 0 Å². The number of carbonyl (C=O) groups excluding carboxylic acids is 1. The Labute approximate surface area is 54.3 Å². The lowest BCUT2D eigenvalue weighted by molar-refractivity contribution is -0.121. The third-order valence-corrected chi connectivity index (χ3v) is 1.41. The van der Waals surface area contributed by atoms with Gasteiger partial charge in [-0.3, -0.25) is 4.79 Å². The van der Waals surface area contributed by atoms with Crippen molar-refractivity contribution < 1.29 is 4.79 Å². The molecule has 2 nitrogen and oxygen atoms in total. The van der Waals surface area contributed by atoms with Crippen molar-refractivity contribution in [2.24, 2.45) is 5.92 Å². The van der Waals surface area contributed by atoms with Crippen LogP contribution in [0.25, 0.3) is 0 Å². The molecular formula is C7H9NO. The van der Waals surface area contributed by atoms with Crippen molar-refractivity contribution >= 4 is 5.91 Å². The molecule has 1 rings (SSSR count). The van der Waals surface area contributed by atoms with E-state index in [1.54, 1.807) is 6.08 Å². The van der Waals surface area contributed by atoms with Gasteiger partial charge >= 0.3 is 0 Å². The van der Waals surface area contributed by atoms with Gasteiger partial charge in [-0.1, -0.05) is 6.58 Å². The molecule has 1 N–H and O–H groups in total. The maximum atomic E-state index is 10.8. The van der Waals surface area contributed by atoms with Crippen LogP contribution >= 0.6 is 0 Å². The number of hydrogen-bond acceptors (Lipinski definition) is 1. The van der Waals surface area contributed by atoms with Crippen LogP contribution in [0.2, 0.25) is 0 Å². The summed E-state index contributed by atoms with van der Waals surface area (Å²) < 4.78 is 0. The van der Waals surface area contributed by atoms with E-state index in [1.165, 1.54) is 0 Å². The molecule has 1 aliphatic heterocycles. The van der Waals surface area contributed by atoms with Gasteiger partial charge < -0.3 is 5.32 Å². The summed E-state index contributed by atoms with van der Waals surface area (Å²) in [5.41, 5.74) is 2.60. The number of hydrogen-bond donors (Lipinski definition) is 1. The predicted molar refractivity (Wildman–Crippen MR) is 34.8 cm³/mol. The molecule has 1 amide bonds. The van der Waals surface area contributed by atoms with Gasteiger partial charge in [-0.25, -0.2) is 0 Å². The zero-order chi connectivity index (χ0) is 6.69. The molecule has 0 unspecified atom stereocenters. The van der Waals surface area contributed by atoms with Gasteiger partial charge in [-0.2, -0.15) is 0 Å². The largest absolute Gasteiger partial charge is 0.356 e. The average molecular weight is 123 g/mol. The second-order valence-corrected chi connectivity index (χ2v) is 2.06. The number of rotatable bonds is 1. The lowest BCUT2D eigenvalue weighted by Crippen LogP contribution is -2.17. The van der Waals surface area contributed by atoms with Crippen LogP contribution in [0.4, 0.5) is 0 Å². The molecule has 1 atom stereocenters. The molecule has 0 bridgehead atoms. The first-order valence-corrected chi connectivity index (χ1v) is 2.98. The van der Waals surface area contributed by atoms with E-state index in [0.717, 1.165) is 13.0 Å². The molecule has 2 heteroatoms. The smallest absolute Gasteiger partial charge is 0.227 e. The minimum atomic E-state index is 0.0301. The summed E-state index contributed by atoms with van der Waals surface area (Å²) in [6.45, 7) is 4.19. The van der Waals surface area contributed by atoms with Gasteiger partial charge in [-0.15, -0.1) is 5.73 Å². The average Bonchev–Trinajstić information content (AvgIpc) is 2.18. The molecule has 0 spiro atoms. The minimum absolute atomic E-state index is 0.0301. The highest BCUT2D eigenvalue weighted by atomic mass is 16.2. The van der Waals surface area contributed by atoms with Crippen molar-refractivity contribution in [2.75, 3.05) is 6.54 Å². The van der Waals surface area contributed by atoms with Crippen LogP contribution < -0.4 is 5.32 Å². The third kappa shape index (κ3) is 1.21. The second kappa shape index (κ2) is 2.51. The monoisotopic (exact) mass is 123 g/mol. The van der Waals surface area contributed by atoms with E-state index in [-0.39, 0.29) is 11.8 Å². The number of carbonyl (C=O) groups is 1. The fourth-order valence-electron chi connectivity index (χ4n) is 0.914. The Balaban J connectivity index is 2.59. The van der Waals surface area contributed by atoms with Crippen molar-refractivity contribution in [1.82, 2.24) is 5.32 Å². The molecule has 0 aromatic rings. The maximum Gasteiger partial charge on any atom is 0.227 e. The van der Waals surface area contributed by atoms with Crippen LogP contribution in [0, 0.1) is 5.92 Å². The van der Waals surface area contributed by atoms with E-state index in [9.17, 15) is 4.79 Å². The summed E-state index contributed by atoms with van der Waals surface area (Å²) in [5.74, 6) is 0.133. The van der Waals surface area contributed by atoms with Gasteiger partial charge in [0.05, 0.1) is 5.92 Å². The fourth-order valence-corrected chi connectivity index (χ4v) is 0.914. The fraction of sp³-hybridized carbons (Fsp3) is 0.429. The summed E-state index contributed by atoms with van der Waals surface area (Å²) in [7, 11) is 0. The second-order valence-electron chi connectivity index (χ2n) is 2.06. The first kappa shape index (κ1) is 6.12. The van der Waals surface area contributed by atoms with Crippen LogP contribution in [0.15, 0.2) is 18.4 Å². The van der Waals surface area contributed by atoms with Gasteiger partial charge in [0.25, 0.3) is 0 Å². The first-order valence-electron chi connectivity index (χ1n) is 2.98. The van der Waals surface area contributed by atoms with E-state index in [4.69, 9.17) is 0 Å². The Morgan fingerprint density at radius 2 is 2.67 bits per heavy atom. The van der Waals surface area contributed by atoms with Crippen LogP contribution in [-0.2, 0) is 4.79 Å². The standard InChI is InChI=1S/C7H9NO/c1-2-3-6-4-5-8-7(6)9/h3,6H,1,4-5H2,(H,8,9)/t6-/m1/s1. The van der Waals surface area contributed by atoms with E-state index in [0.29, 0.717) is 0 Å². The molecule has 48 valence electrons. The third-order valence-electron chi connectivity index (χ3n) is 1.41. The first-order chi connectivity index (χ1) is 4.34. The van der Waals surface area contributed by atoms with E-state index < -0.39 is 0 Å². The van der Waals surface area contributed by atoms with Gasteiger partial charge in [0.1, 0.15) is 0 Å². The molecule has 0 aliphatic carbocycles. The Bertz CT molecular complexity index is 168. The molecule has 1 fully saturated rings. The molecule has 1 aliphatic rings. The normalized spacial score (nSPS) is 24.9. The quantitative estimate of drug-likeness (QED) is 0.504. The van der Waals surface area contributed by atoms with Gasteiger partial charge in [0.15, 0.2) is 0 Å². The molecular weight excluding hydrogens is 114 g/mol. The van der Waals surface area contributed by atoms with Crippen LogP contribution in [-0.4, -0.2) is 12.5 Å². The molecule has 1 heterocycles. The van der Waals surface area contributed by atoms with E-state index in [2.05, 4.69) is 17.6 Å². The van der Waals surface area contributed by atoms with Crippen LogP contribution in [0.1, 0.15) is 6.42 Å². The van der Waals surface area contributed by atoms with Crippen molar-refractivity contribution in [1.29, 1.82) is 0 Å². The lowest BCUT2D eigenvalue weighted by atomic mass is 10.1. The van der Waals surface area contributed by atoms with Gasteiger partial charge in [0, 0.05) is 6.54 Å². The molecule has 0 radical (unpaired) electrons. The molecule has 0 aromatic heterocycles. The minimum Gasteiger partial charge on any atom is -0.356 e. The Morgan fingerprint density at radius 1 is 1.89 bits per heavy atom.